The van der Waals surface area contributed by atoms with Crippen molar-refractivity contribution in [3.8, 4) is 5.69 Å². The number of carbonyl (C=O) groups is 2. The van der Waals surface area contributed by atoms with Crippen molar-refractivity contribution in [1.29, 1.82) is 0 Å². The lowest BCUT2D eigenvalue weighted by molar-refractivity contribution is -0.139. The Labute approximate surface area is 189 Å². The van der Waals surface area contributed by atoms with Crippen LogP contribution in [0.1, 0.15) is 13.3 Å². The Morgan fingerprint density at radius 2 is 2.13 bits per heavy atom. The third kappa shape index (κ3) is 4.94. The monoisotopic (exact) mass is 460 g/mol. The van der Waals surface area contributed by atoms with E-state index in [9.17, 15) is 9.59 Å². The number of hydrogen-bond donors (Lipinski definition) is 1. The molecule has 0 radical (unpaired) electrons. The fourth-order valence-electron chi connectivity index (χ4n) is 3.75. The van der Waals surface area contributed by atoms with Crippen molar-refractivity contribution < 1.29 is 14.3 Å². The van der Waals surface area contributed by atoms with Gasteiger partial charge >= 0.3 is 5.97 Å². The summed E-state index contributed by atoms with van der Waals surface area (Å²) in [6, 6.07) is 9.50. The van der Waals surface area contributed by atoms with Gasteiger partial charge in [-0.15, -0.1) is 16.9 Å². The van der Waals surface area contributed by atoms with Gasteiger partial charge in [-0.05, 0) is 49.5 Å². The minimum absolute atomic E-state index is 0.105. The molecule has 2 atom stereocenters. The highest BCUT2D eigenvalue weighted by molar-refractivity contribution is 8.04. The van der Waals surface area contributed by atoms with Crippen molar-refractivity contribution >= 4 is 35.4 Å². The molecule has 1 aromatic carbocycles. The van der Waals surface area contributed by atoms with Crippen molar-refractivity contribution in [3.63, 3.8) is 0 Å². The first-order valence-electron chi connectivity index (χ1n) is 10.1. The van der Waals surface area contributed by atoms with Gasteiger partial charge in [-0.25, -0.2) is 4.79 Å². The van der Waals surface area contributed by atoms with E-state index in [4.69, 9.17) is 4.74 Å². The van der Waals surface area contributed by atoms with Crippen LogP contribution in [0.3, 0.4) is 0 Å². The highest BCUT2D eigenvalue weighted by atomic mass is 32.2. The van der Waals surface area contributed by atoms with Crippen molar-refractivity contribution in [2.45, 2.75) is 23.8 Å². The number of hydrogen-bond acceptors (Lipinski definition) is 9. The Morgan fingerprint density at radius 1 is 1.32 bits per heavy atom. The number of rotatable bonds is 7. The van der Waals surface area contributed by atoms with Crippen LogP contribution < -0.4 is 5.32 Å². The van der Waals surface area contributed by atoms with Crippen molar-refractivity contribution in [1.82, 2.24) is 30.4 Å². The molecule has 9 nitrogen and oxygen atoms in total. The van der Waals surface area contributed by atoms with Crippen LogP contribution in [0.4, 0.5) is 0 Å². The Morgan fingerprint density at radius 3 is 2.90 bits per heavy atom. The molecule has 1 fully saturated rings. The van der Waals surface area contributed by atoms with E-state index in [1.54, 1.807) is 23.4 Å². The van der Waals surface area contributed by atoms with E-state index in [1.807, 2.05) is 30.3 Å². The smallest absolute Gasteiger partial charge is 0.336 e. The van der Waals surface area contributed by atoms with Crippen LogP contribution in [0, 0.1) is 5.92 Å². The minimum Gasteiger partial charge on any atom is -0.463 e. The van der Waals surface area contributed by atoms with Gasteiger partial charge in [0, 0.05) is 17.7 Å². The molecule has 1 amide bonds. The van der Waals surface area contributed by atoms with E-state index in [-0.39, 0.29) is 28.8 Å². The molecule has 0 bridgehead atoms. The summed E-state index contributed by atoms with van der Waals surface area (Å²) in [5.41, 5.74) is 1.43. The first-order valence-corrected chi connectivity index (χ1v) is 12.0. The van der Waals surface area contributed by atoms with Gasteiger partial charge in [-0.1, -0.05) is 30.0 Å². The van der Waals surface area contributed by atoms with E-state index < -0.39 is 0 Å². The lowest BCUT2D eigenvalue weighted by atomic mass is 9.89. The standard InChI is InChI=1S/C20H24N6O3S2/c1-3-29-19(28)17-14-9-10-25(2)11-15(14)31-18(17)21-16(27)12-30-20-22-23-24-26(20)13-7-5-4-6-8-13/h4-8,14-15H,3,9-12H2,1-2H3,(H,21,27)/t14-,15-/m1/s1. The second-order valence-electron chi connectivity index (χ2n) is 7.32. The highest BCUT2D eigenvalue weighted by Crippen LogP contribution is 2.45. The Hall–Kier alpha value is -2.37. The average molecular weight is 461 g/mol. The fraction of sp³-hybridized carbons (Fsp3) is 0.450. The zero-order chi connectivity index (χ0) is 21.8. The second-order valence-corrected chi connectivity index (χ2v) is 9.51. The predicted molar refractivity (Wildman–Crippen MR) is 119 cm³/mol. The van der Waals surface area contributed by atoms with E-state index in [2.05, 4.69) is 32.8 Å². The van der Waals surface area contributed by atoms with Crippen LogP contribution in [0.25, 0.3) is 5.69 Å². The van der Waals surface area contributed by atoms with Crippen LogP contribution in [-0.4, -0.2) is 74.7 Å². The van der Waals surface area contributed by atoms with Crippen molar-refractivity contribution in [2.24, 2.45) is 5.92 Å². The Bertz CT molecular complexity index is 980. The van der Waals surface area contributed by atoms with E-state index in [0.717, 1.165) is 25.2 Å². The van der Waals surface area contributed by atoms with Gasteiger partial charge in [0.05, 0.1) is 28.6 Å². The quantitative estimate of drug-likeness (QED) is 0.489. The maximum atomic E-state index is 12.7. The molecule has 4 rings (SSSR count). The van der Waals surface area contributed by atoms with Crippen LogP contribution in [0.2, 0.25) is 0 Å². The predicted octanol–water partition coefficient (Wildman–Crippen LogP) is 1.71. The van der Waals surface area contributed by atoms with Crippen LogP contribution in [0.15, 0.2) is 46.1 Å². The molecular formula is C20H24N6O3S2. The zero-order valence-electron chi connectivity index (χ0n) is 17.4. The number of nitrogens with zero attached hydrogens (tertiary/aromatic N) is 5. The number of likely N-dealkylation sites (tertiary alicyclic amines) is 1. The molecule has 0 spiro atoms. The summed E-state index contributed by atoms with van der Waals surface area (Å²) in [5, 5.41) is 16.1. The average Bonchev–Trinajstić information content (AvgIpc) is 3.37. The van der Waals surface area contributed by atoms with Gasteiger partial charge in [-0.3, -0.25) is 4.79 Å². The number of para-hydroxylation sites is 1. The molecule has 2 aliphatic heterocycles. The molecule has 2 aliphatic rings. The van der Waals surface area contributed by atoms with Crippen LogP contribution in [0.5, 0.6) is 0 Å². The number of piperidine rings is 1. The van der Waals surface area contributed by atoms with Crippen molar-refractivity contribution in [2.75, 3.05) is 32.5 Å². The molecule has 2 aromatic rings. The summed E-state index contributed by atoms with van der Waals surface area (Å²) in [4.78, 5) is 27.6. The summed E-state index contributed by atoms with van der Waals surface area (Å²) in [5.74, 6) is -0.302. The number of nitrogens with one attached hydrogen (secondary N) is 1. The number of fused-ring (bicyclic) bond motifs is 1. The number of ether oxygens (including phenoxy) is 1. The lowest BCUT2D eigenvalue weighted by Crippen LogP contribution is -2.39. The van der Waals surface area contributed by atoms with Gasteiger partial charge in [0.2, 0.25) is 11.1 Å². The fourth-order valence-corrected chi connectivity index (χ4v) is 6.04. The number of aromatic nitrogens is 4. The summed E-state index contributed by atoms with van der Waals surface area (Å²) < 4.78 is 6.88. The number of carbonyl (C=O) groups excluding carboxylic acids is 2. The third-order valence-corrected chi connectivity index (χ3v) is 7.43. The van der Waals surface area contributed by atoms with E-state index in [1.165, 1.54) is 11.8 Å². The Balaban J connectivity index is 1.44. The molecular weight excluding hydrogens is 436 g/mol. The molecule has 1 saturated heterocycles. The molecule has 11 heteroatoms. The number of amides is 1. The van der Waals surface area contributed by atoms with Gasteiger partial charge in [0.15, 0.2) is 0 Å². The molecule has 164 valence electrons. The molecule has 0 aliphatic carbocycles. The highest BCUT2D eigenvalue weighted by Gasteiger charge is 2.42. The third-order valence-electron chi connectivity index (χ3n) is 5.17. The van der Waals surface area contributed by atoms with Gasteiger partial charge in [0.1, 0.15) is 0 Å². The van der Waals surface area contributed by atoms with Crippen LogP contribution >= 0.6 is 23.5 Å². The largest absolute Gasteiger partial charge is 0.463 e. The summed E-state index contributed by atoms with van der Waals surface area (Å²) in [6.07, 6.45) is 0.877. The number of benzene rings is 1. The number of esters is 1. The SMILES string of the molecule is CCOC(=O)C1=C(NC(=O)CSc2nnnn2-c2ccccc2)S[C@@H]2CN(C)CC[C@@H]12. The molecule has 0 saturated carbocycles. The van der Waals surface area contributed by atoms with E-state index in [0.29, 0.717) is 22.4 Å². The topological polar surface area (TPSA) is 102 Å². The summed E-state index contributed by atoms with van der Waals surface area (Å²) in [7, 11) is 2.07. The van der Waals surface area contributed by atoms with Gasteiger partial charge in [0.25, 0.3) is 0 Å². The second kappa shape index (κ2) is 9.84. The lowest BCUT2D eigenvalue weighted by Gasteiger charge is -2.32. The Kier molecular flexibility index (Phi) is 6.93. The normalized spacial score (nSPS) is 21.1. The number of tetrazole rings is 1. The van der Waals surface area contributed by atoms with Gasteiger partial charge in [-0.2, -0.15) is 4.68 Å². The molecule has 0 unspecified atom stereocenters. The minimum atomic E-state index is -0.331. The first kappa shape index (κ1) is 21.8. The molecule has 1 aromatic heterocycles. The molecule has 1 N–H and O–H groups in total. The maximum Gasteiger partial charge on any atom is 0.336 e. The first-order chi connectivity index (χ1) is 15.1. The van der Waals surface area contributed by atoms with E-state index >= 15 is 0 Å². The zero-order valence-corrected chi connectivity index (χ0v) is 19.0. The molecule has 31 heavy (non-hydrogen) atoms. The van der Waals surface area contributed by atoms with Gasteiger partial charge < -0.3 is 15.0 Å². The summed E-state index contributed by atoms with van der Waals surface area (Å²) in [6.45, 7) is 3.89. The number of thioether (sulfide) groups is 2. The summed E-state index contributed by atoms with van der Waals surface area (Å²) >= 11 is 2.81. The van der Waals surface area contributed by atoms with Crippen LogP contribution in [-0.2, 0) is 14.3 Å². The van der Waals surface area contributed by atoms with Crippen molar-refractivity contribution in [3.05, 3.63) is 40.9 Å². The molecule has 3 heterocycles. The maximum absolute atomic E-state index is 12.7.